The predicted molar refractivity (Wildman–Crippen MR) is 93.0 cm³/mol. The summed E-state index contributed by atoms with van der Waals surface area (Å²) in [4.78, 5) is 13.8. The maximum Gasteiger partial charge on any atom is 0.267 e. The first-order valence-electron chi connectivity index (χ1n) is 7.12. The molecule has 1 atom stereocenters. The van der Waals surface area contributed by atoms with Crippen molar-refractivity contribution in [1.82, 2.24) is 4.90 Å². The molecule has 1 fully saturated rings. The van der Waals surface area contributed by atoms with Crippen molar-refractivity contribution in [1.29, 1.82) is 5.26 Å². The number of rotatable bonds is 4. The number of carbonyl (C=O) groups excluding carboxylic acids is 1. The predicted octanol–water partition coefficient (Wildman–Crippen LogP) is 1.39. The molecule has 1 unspecified atom stereocenters. The average molecular weight is 369 g/mol. The van der Waals surface area contributed by atoms with Crippen molar-refractivity contribution < 1.29 is 13.2 Å². The smallest absolute Gasteiger partial charge is 0.267 e. The van der Waals surface area contributed by atoms with Crippen molar-refractivity contribution in [3.8, 4) is 6.07 Å². The number of hydrogen-bond acceptors (Lipinski definition) is 6. The van der Waals surface area contributed by atoms with Crippen molar-refractivity contribution in [3.63, 3.8) is 0 Å². The second kappa shape index (κ2) is 7.11. The van der Waals surface area contributed by atoms with Gasteiger partial charge in [0.1, 0.15) is 11.6 Å². The molecule has 0 saturated carbocycles. The van der Waals surface area contributed by atoms with E-state index in [1.807, 2.05) is 6.07 Å². The number of nitrogens with one attached hydrogen (secondary N) is 1. The standard InChI is InChI=1S/C15H17ClN4O3S/c1-20(12-4-5-24(22,23)9-12)8-10(7-17)15(21)19-11-2-3-14(18)13(16)6-11/h2-3,6,8,12H,4-5,9,18H2,1H3,(H,19,21)/b10-8-. The first-order chi connectivity index (χ1) is 11.2. The molecule has 2 rings (SSSR count). The molecule has 24 heavy (non-hydrogen) atoms. The SMILES string of the molecule is CN(/C=C(/C#N)C(=O)Nc1ccc(N)c(Cl)c1)C1CCS(=O)(=O)C1. The first kappa shape index (κ1) is 18.1. The highest BCUT2D eigenvalue weighted by atomic mass is 35.5. The van der Waals surface area contributed by atoms with Crippen molar-refractivity contribution in [2.24, 2.45) is 0 Å². The summed E-state index contributed by atoms with van der Waals surface area (Å²) in [6.07, 6.45) is 1.84. The lowest BCUT2D eigenvalue weighted by Crippen LogP contribution is -2.29. The summed E-state index contributed by atoms with van der Waals surface area (Å²) in [5, 5.41) is 12.1. The minimum Gasteiger partial charge on any atom is -0.398 e. The summed E-state index contributed by atoms with van der Waals surface area (Å²) in [6, 6.07) is 6.18. The molecule has 0 spiro atoms. The molecule has 7 nitrogen and oxygen atoms in total. The van der Waals surface area contributed by atoms with E-state index in [1.165, 1.54) is 12.3 Å². The van der Waals surface area contributed by atoms with Crippen LogP contribution in [0, 0.1) is 11.3 Å². The van der Waals surface area contributed by atoms with E-state index in [1.54, 1.807) is 24.1 Å². The van der Waals surface area contributed by atoms with Gasteiger partial charge in [0.15, 0.2) is 9.84 Å². The van der Waals surface area contributed by atoms with Crippen LogP contribution in [0.25, 0.3) is 0 Å². The van der Waals surface area contributed by atoms with Gasteiger partial charge in [0.2, 0.25) is 0 Å². The largest absolute Gasteiger partial charge is 0.398 e. The first-order valence-corrected chi connectivity index (χ1v) is 9.32. The molecule has 128 valence electrons. The number of nitrogen functional groups attached to an aromatic ring is 1. The van der Waals surface area contributed by atoms with Gasteiger partial charge in [-0.1, -0.05) is 11.6 Å². The van der Waals surface area contributed by atoms with E-state index in [0.717, 1.165) is 0 Å². The summed E-state index contributed by atoms with van der Waals surface area (Å²) >= 11 is 5.89. The van der Waals surface area contributed by atoms with Gasteiger partial charge in [-0.25, -0.2) is 8.42 Å². The van der Waals surface area contributed by atoms with Gasteiger partial charge in [-0.2, -0.15) is 5.26 Å². The number of halogens is 1. The van der Waals surface area contributed by atoms with Crippen molar-refractivity contribution in [3.05, 3.63) is 35.0 Å². The molecule has 9 heteroatoms. The maximum absolute atomic E-state index is 12.2. The van der Waals surface area contributed by atoms with Crippen molar-refractivity contribution in [2.75, 3.05) is 29.6 Å². The van der Waals surface area contributed by atoms with Gasteiger partial charge in [-0.3, -0.25) is 4.79 Å². The average Bonchev–Trinajstić information content (AvgIpc) is 2.88. The van der Waals surface area contributed by atoms with Crippen LogP contribution in [0.5, 0.6) is 0 Å². The van der Waals surface area contributed by atoms with Crippen LogP contribution < -0.4 is 11.1 Å². The van der Waals surface area contributed by atoms with Crippen LogP contribution in [0.1, 0.15) is 6.42 Å². The van der Waals surface area contributed by atoms with E-state index < -0.39 is 15.7 Å². The normalized spacial score (nSPS) is 19.5. The fourth-order valence-corrected chi connectivity index (χ4v) is 4.31. The minimum atomic E-state index is -3.04. The number of nitriles is 1. The zero-order valence-electron chi connectivity index (χ0n) is 13.0. The van der Waals surface area contributed by atoms with Crippen LogP contribution in [0.4, 0.5) is 11.4 Å². The fourth-order valence-electron chi connectivity index (χ4n) is 2.35. The van der Waals surface area contributed by atoms with E-state index in [-0.39, 0.29) is 23.1 Å². The maximum atomic E-state index is 12.2. The van der Waals surface area contributed by atoms with Crippen molar-refractivity contribution >= 4 is 38.7 Å². The third kappa shape index (κ3) is 4.40. The number of carbonyl (C=O) groups is 1. The van der Waals surface area contributed by atoms with Crippen LogP contribution in [0.2, 0.25) is 5.02 Å². The number of nitrogens with zero attached hydrogens (tertiary/aromatic N) is 2. The summed E-state index contributed by atoms with van der Waals surface area (Å²) in [6.45, 7) is 0. The van der Waals surface area contributed by atoms with E-state index in [9.17, 15) is 18.5 Å². The second-order valence-corrected chi connectivity index (χ2v) is 8.20. The number of anilines is 2. The van der Waals surface area contributed by atoms with Gasteiger partial charge in [-0.05, 0) is 24.6 Å². The number of hydrogen-bond donors (Lipinski definition) is 2. The Hall–Kier alpha value is -2.24. The molecule has 1 aliphatic rings. The summed E-state index contributed by atoms with van der Waals surface area (Å²) in [5.41, 5.74) is 6.26. The Morgan fingerprint density at radius 2 is 2.25 bits per heavy atom. The molecule has 1 amide bonds. The molecule has 1 aliphatic heterocycles. The Balaban J connectivity index is 2.10. The lowest BCUT2D eigenvalue weighted by atomic mass is 10.2. The molecular weight excluding hydrogens is 352 g/mol. The number of nitrogens with two attached hydrogens (primary N) is 1. The second-order valence-electron chi connectivity index (χ2n) is 5.57. The monoisotopic (exact) mass is 368 g/mol. The van der Waals surface area contributed by atoms with Gasteiger partial charge in [0.25, 0.3) is 5.91 Å². The van der Waals surface area contributed by atoms with Gasteiger partial charge in [0.05, 0.1) is 22.2 Å². The van der Waals surface area contributed by atoms with E-state index in [0.29, 0.717) is 22.8 Å². The summed E-state index contributed by atoms with van der Waals surface area (Å²) in [5.74, 6) is -0.465. The Labute approximate surface area is 145 Å². The molecule has 0 radical (unpaired) electrons. The summed E-state index contributed by atoms with van der Waals surface area (Å²) < 4.78 is 23.0. The number of amides is 1. The van der Waals surface area contributed by atoms with Crippen LogP contribution in [0.15, 0.2) is 30.0 Å². The van der Waals surface area contributed by atoms with Crippen LogP contribution in [0.3, 0.4) is 0 Å². The fraction of sp³-hybridized carbons (Fsp3) is 0.333. The molecular formula is C15H17ClN4O3S. The van der Waals surface area contributed by atoms with Crippen LogP contribution in [-0.2, 0) is 14.6 Å². The summed E-state index contributed by atoms with van der Waals surface area (Å²) in [7, 11) is -1.39. The topological polar surface area (TPSA) is 116 Å². The third-order valence-corrected chi connectivity index (χ3v) is 5.82. The molecule has 3 N–H and O–H groups in total. The zero-order chi connectivity index (χ0) is 17.9. The zero-order valence-corrected chi connectivity index (χ0v) is 14.6. The molecule has 1 aromatic carbocycles. The number of benzene rings is 1. The lowest BCUT2D eigenvalue weighted by Gasteiger charge is -2.21. The van der Waals surface area contributed by atoms with E-state index in [2.05, 4.69) is 5.32 Å². The Morgan fingerprint density at radius 3 is 2.79 bits per heavy atom. The third-order valence-electron chi connectivity index (χ3n) is 3.74. The van der Waals surface area contributed by atoms with E-state index in [4.69, 9.17) is 17.3 Å². The van der Waals surface area contributed by atoms with Gasteiger partial charge < -0.3 is 16.0 Å². The number of sulfone groups is 1. The van der Waals surface area contributed by atoms with Crippen LogP contribution in [-0.4, -0.2) is 43.8 Å². The Kier molecular flexibility index (Phi) is 5.36. The quantitative estimate of drug-likeness (QED) is 0.471. The highest BCUT2D eigenvalue weighted by Crippen LogP contribution is 2.23. The minimum absolute atomic E-state index is 0.0217. The lowest BCUT2D eigenvalue weighted by molar-refractivity contribution is -0.112. The highest BCUT2D eigenvalue weighted by Gasteiger charge is 2.30. The van der Waals surface area contributed by atoms with E-state index >= 15 is 0 Å². The van der Waals surface area contributed by atoms with Gasteiger partial charge >= 0.3 is 0 Å². The Morgan fingerprint density at radius 1 is 1.54 bits per heavy atom. The molecule has 1 aromatic rings. The molecule has 1 saturated heterocycles. The highest BCUT2D eigenvalue weighted by molar-refractivity contribution is 7.91. The van der Waals surface area contributed by atoms with Gasteiger partial charge in [0, 0.05) is 25.0 Å². The van der Waals surface area contributed by atoms with Crippen LogP contribution >= 0.6 is 11.6 Å². The molecule has 0 aliphatic carbocycles. The molecule has 0 aromatic heterocycles. The van der Waals surface area contributed by atoms with Crippen molar-refractivity contribution in [2.45, 2.75) is 12.5 Å². The Bertz CT molecular complexity index is 830. The van der Waals surface area contributed by atoms with Gasteiger partial charge in [-0.15, -0.1) is 0 Å². The molecule has 0 bridgehead atoms. The molecule has 1 heterocycles.